The van der Waals surface area contributed by atoms with Gasteiger partial charge < -0.3 is 15.4 Å². The summed E-state index contributed by atoms with van der Waals surface area (Å²) in [7, 11) is 1.55. The van der Waals surface area contributed by atoms with Crippen LogP contribution in [-0.2, 0) is 4.74 Å². The Kier molecular flexibility index (Phi) is 5.65. The van der Waals surface area contributed by atoms with E-state index in [0.717, 1.165) is 0 Å². The van der Waals surface area contributed by atoms with Gasteiger partial charge in [0.15, 0.2) is 0 Å². The Balaban J connectivity index is 2.18. The lowest BCUT2D eigenvalue weighted by Crippen LogP contribution is -2.13. The van der Waals surface area contributed by atoms with Crippen LogP contribution in [0.1, 0.15) is 10.4 Å². The van der Waals surface area contributed by atoms with Crippen molar-refractivity contribution in [2.24, 2.45) is 0 Å². The number of hydrogen-bond acceptors (Lipinski definition) is 5. The first-order chi connectivity index (χ1) is 11.1. The summed E-state index contributed by atoms with van der Waals surface area (Å²) in [5.41, 5.74) is 1.05. The van der Waals surface area contributed by atoms with Crippen LogP contribution in [0.15, 0.2) is 48.5 Å². The minimum Gasteiger partial charge on any atom is -0.383 e. The number of nitro benzene ring substituents is 1. The van der Waals surface area contributed by atoms with E-state index in [1.807, 2.05) is 6.07 Å². The molecule has 0 bridgehead atoms. The van der Waals surface area contributed by atoms with Crippen molar-refractivity contribution in [3.05, 3.63) is 64.2 Å². The van der Waals surface area contributed by atoms with Crippen molar-refractivity contribution in [2.45, 2.75) is 0 Å². The minimum atomic E-state index is -0.519. The molecule has 0 aliphatic rings. The Morgan fingerprint density at radius 2 is 1.96 bits per heavy atom. The summed E-state index contributed by atoms with van der Waals surface area (Å²) in [6, 6.07) is 13.2. The van der Waals surface area contributed by atoms with Crippen LogP contribution in [0.2, 0.25) is 0 Å². The molecule has 0 saturated carbocycles. The molecule has 1 amide bonds. The largest absolute Gasteiger partial charge is 0.383 e. The second-order valence-corrected chi connectivity index (χ2v) is 4.73. The summed E-state index contributed by atoms with van der Waals surface area (Å²) in [5, 5.41) is 16.8. The topological polar surface area (TPSA) is 93.5 Å². The number of nitrogens with zero attached hydrogens (tertiary/aromatic N) is 1. The van der Waals surface area contributed by atoms with E-state index in [1.165, 1.54) is 12.1 Å². The Bertz CT molecular complexity index is 689. The molecular weight excluding hydrogens is 298 g/mol. The normalized spacial score (nSPS) is 10.1. The maximum atomic E-state index is 12.2. The lowest BCUT2D eigenvalue weighted by molar-refractivity contribution is -0.384. The number of carbonyl (C=O) groups excluding carboxylic acids is 1. The van der Waals surface area contributed by atoms with Gasteiger partial charge in [-0.25, -0.2) is 0 Å². The molecule has 0 atom stereocenters. The molecule has 0 unspecified atom stereocenters. The van der Waals surface area contributed by atoms with E-state index in [0.29, 0.717) is 24.5 Å². The van der Waals surface area contributed by atoms with Crippen LogP contribution in [0.5, 0.6) is 0 Å². The van der Waals surface area contributed by atoms with Gasteiger partial charge >= 0.3 is 0 Å². The van der Waals surface area contributed by atoms with Gasteiger partial charge in [0.1, 0.15) is 5.69 Å². The zero-order valence-corrected chi connectivity index (χ0v) is 12.6. The van der Waals surface area contributed by atoms with E-state index in [2.05, 4.69) is 10.6 Å². The van der Waals surface area contributed by atoms with Gasteiger partial charge in [-0.2, -0.15) is 0 Å². The molecule has 0 radical (unpaired) electrons. The first-order valence-corrected chi connectivity index (χ1v) is 6.99. The highest BCUT2D eigenvalue weighted by Crippen LogP contribution is 2.25. The Hall–Kier alpha value is -2.93. The van der Waals surface area contributed by atoms with Gasteiger partial charge in [0.05, 0.1) is 11.5 Å². The summed E-state index contributed by atoms with van der Waals surface area (Å²) in [4.78, 5) is 22.9. The van der Waals surface area contributed by atoms with E-state index < -0.39 is 10.8 Å². The number of carbonyl (C=O) groups is 1. The number of hydrogen-bond donors (Lipinski definition) is 2. The van der Waals surface area contributed by atoms with Gasteiger partial charge in [0.2, 0.25) is 0 Å². The fourth-order valence-electron chi connectivity index (χ4n) is 1.99. The predicted molar refractivity (Wildman–Crippen MR) is 87.9 cm³/mol. The van der Waals surface area contributed by atoms with Crippen LogP contribution in [0.3, 0.4) is 0 Å². The van der Waals surface area contributed by atoms with Gasteiger partial charge in [0, 0.05) is 31.0 Å². The van der Waals surface area contributed by atoms with Gasteiger partial charge in [-0.3, -0.25) is 14.9 Å². The van der Waals surface area contributed by atoms with Crippen molar-refractivity contribution in [1.29, 1.82) is 0 Å². The van der Waals surface area contributed by atoms with Crippen molar-refractivity contribution in [3.63, 3.8) is 0 Å². The number of nitrogens with one attached hydrogen (secondary N) is 2. The number of ether oxygens (including phenoxy) is 1. The van der Waals surface area contributed by atoms with Gasteiger partial charge in [-0.15, -0.1) is 0 Å². The third kappa shape index (κ3) is 4.52. The highest BCUT2D eigenvalue weighted by molar-refractivity contribution is 6.05. The summed E-state index contributed by atoms with van der Waals surface area (Å²) in [6.07, 6.45) is 0. The molecule has 2 aromatic rings. The van der Waals surface area contributed by atoms with Gasteiger partial charge in [0.25, 0.3) is 11.6 Å². The number of rotatable bonds is 7. The molecule has 0 aromatic heterocycles. The number of methoxy groups -OCH3 is 1. The zero-order valence-electron chi connectivity index (χ0n) is 12.6. The molecule has 2 aromatic carbocycles. The van der Waals surface area contributed by atoms with Crippen LogP contribution in [-0.4, -0.2) is 31.1 Å². The van der Waals surface area contributed by atoms with E-state index in [9.17, 15) is 14.9 Å². The molecule has 2 N–H and O–H groups in total. The molecule has 0 fully saturated rings. The number of amides is 1. The van der Waals surface area contributed by atoms with E-state index in [-0.39, 0.29) is 11.3 Å². The summed E-state index contributed by atoms with van der Waals surface area (Å²) in [6.45, 7) is 0.861. The molecule has 7 nitrogen and oxygen atoms in total. The van der Waals surface area contributed by atoms with Crippen molar-refractivity contribution in [2.75, 3.05) is 30.9 Å². The molecule has 0 heterocycles. The molecule has 120 valence electrons. The van der Waals surface area contributed by atoms with Crippen molar-refractivity contribution < 1.29 is 14.5 Å². The van der Waals surface area contributed by atoms with Crippen LogP contribution in [0, 0.1) is 10.1 Å². The van der Waals surface area contributed by atoms with E-state index in [4.69, 9.17) is 4.74 Å². The van der Waals surface area contributed by atoms with Gasteiger partial charge in [-0.05, 0) is 24.3 Å². The van der Waals surface area contributed by atoms with Gasteiger partial charge in [-0.1, -0.05) is 18.2 Å². The van der Waals surface area contributed by atoms with Crippen molar-refractivity contribution >= 4 is 23.0 Å². The second-order valence-electron chi connectivity index (χ2n) is 4.73. The fraction of sp³-hybridized carbons (Fsp3) is 0.188. The van der Waals surface area contributed by atoms with Crippen LogP contribution >= 0.6 is 0 Å². The predicted octanol–water partition coefficient (Wildman–Crippen LogP) is 2.91. The third-order valence-electron chi connectivity index (χ3n) is 3.11. The highest BCUT2D eigenvalue weighted by Gasteiger charge is 2.17. The lowest BCUT2D eigenvalue weighted by atomic mass is 10.1. The average Bonchev–Trinajstić information content (AvgIpc) is 2.56. The summed E-state index contributed by atoms with van der Waals surface area (Å²) >= 11 is 0. The highest BCUT2D eigenvalue weighted by atomic mass is 16.6. The quantitative estimate of drug-likeness (QED) is 0.465. The molecule has 0 saturated heterocycles. The Morgan fingerprint density at radius 1 is 1.22 bits per heavy atom. The number of nitro groups is 1. The molecule has 0 aliphatic heterocycles. The summed E-state index contributed by atoms with van der Waals surface area (Å²) in [5.74, 6) is -0.400. The number of para-hydroxylation sites is 1. The molecule has 2 rings (SSSR count). The number of anilines is 2. The zero-order chi connectivity index (χ0) is 16.7. The van der Waals surface area contributed by atoms with Crippen molar-refractivity contribution in [3.8, 4) is 0 Å². The van der Waals surface area contributed by atoms with Crippen LogP contribution in [0.25, 0.3) is 0 Å². The monoisotopic (exact) mass is 315 g/mol. The van der Waals surface area contributed by atoms with E-state index >= 15 is 0 Å². The number of benzene rings is 2. The smallest absolute Gasteiger partial charge is 0.293 e. The Labute approximate surface area is 133 Å². The molecular formula is C16H17N3O4. The molecule has 0 aliphatic carbocycles. The van der Waals surface area contributed by atoms with Crippen LogP contribution in [0.4, 0.5) is 17.1 Å². The SMILES string of the molecule is COCCNc1ccc(C(=O)Nc2ccccc2)cc1[N+](=O)[O-]. The first-order valence-electron chi connectivity index (χ1n) is 6.99. The van der Waals surface area contributed by atoms with Crippen molar-refractivity contribution in [1.82, 2.24) is 0 Å². The summed E-state index contributed by atoms with van der Waals surface area (Å²) < 4.78 is 4.90. The maximum Gasteiger partial charge on any atom is 0.293 e. The third-order valence-corrected chi connectivity index (χ3v) is 3.11. The standard InChI is InChI=1S/C16H17N3O4/c1-23-10-9-17-14-8-7-12(11-15(14)19(21)22)16(20)18-13-5-3-2-4-6-13/h2-8,11,17H,9-10H2,1H3,(H,18,20). The molecule has 0 spiro atoms. The Morgan fingerprint density at radius 3 is 2.61 bits per heavy atom. The maximum absolute atomic E-state index is 12.2. The van der Waals surface area contributed by atoms with Crippen LogP contribution < -0.4 is 10.6 Å². The van der Waals surface area contributed by atoms with E-state index in [1.54, 1.807) is 37.4 Å². The second kappa shape index (κ2) is 7.90. The fourth-order valence-corrected chi connectivity index (χ4v) is 1.99. The molecule has 23 heavy (non-hydrogen) atoms. The average molecular weight is 315 g/mol. The molecule has 7 heteroatoms. The first kappa shape index (κ1) is 16.4. The lowest BCUT2D eigenvalue weighted by Gasteiger charge is -2.09. The minimum absolute atomic E-state index is 0.151.